The Morgan fingerprint density at radius 2 is 1.34 bits per heavy atom. The standard InChI is InChI=1S/C32H46O12/c1-10-15(5)29(37)41-25-19(9)40-32(43-26-20(14(3)4)13-12-17(7)21(26)33)24(36)28(25)44-31-23(35)27(22(34)18(8)39-31)42-30(38)16(6)11-2/h10-14,18-19,22-25,27-28,31-36H,1-9H3. The number of aromatic hydroxyl groups is 1. The van der Waals surface area contributed by atoms with Gasteiger partial charge < -0.3 is 48.8 Å². The smallest absolute Gasteiger partial charge is 0.333 e. The number of esters is 2. The quantitative estimate of drug-likeness (QED) is 0.235. The molecular weight excluding hydrogens is 576 g/mol. The molecule has 1 aromatic rings. The molecule has 246 valence electrons. The minimum Gasteiger partial charge on any atom is -0.504 e. The summed E-state index contributed by atoms with van der Waals surface area (Å²) in [6.07, 6.45) is -10.5. The van der Waals surface area contributed by atoms with E-state index in [1.54, 1.807) is 46.8 Å². The summed E-state index contributed by atoms with van der Waals surface area (Å²) >= 11 is 0. The number of hydrogen-bond acceptors (Lipinski definition) is 12. The van der Waals surface area contributed by atoms with E-state index in [0.29, 0.717) is 16.7 Å². The van der Waals surface area contributed by atoms with Crippen LogP contribution >= 0.6 is 0 Å². The van der Waals surface area contributed by atoms with Gasteiger partial charge in [-0.05, 0) is 59.9 Å². The number of aliphatic hydroxyl groups is 3. The Labute approximate surface area is 258 Å². The summed E-state index contributed by atoms with van der Waals surface area (Å²) in [6, 6.07) is 3.56. The molecule has 44 heavy (non-hydrogen) atoms. The van der Waals surface area contributed by atoms with Gasteiger partial charge in [-0.25, -0.2) is 9.59 Å². The number of benzene rings is 1. The van der Waals surface area contributed by atoms with Crippen molar-refractivity contribution in [3.63, 3.8) is 0 Å². The predicted octanol–water partition coefficient (Wildman–Crippen LogP) is 2.92. The molecule has 2 aliphatic heterocycles. The molecule has 1 aromatic carbocycles. The molecular formula is C32H46O12. The number of aliphatic hydroxyl groups excluding tert-OH is 3. The average molecular weight is 623 g/mol. The summed E-state index contributed by atoms with van der Waals surface area (Å²) < 4.78 is 35.0. The van der Waals surface area contributed by atoms with Gasteiger partial charge in [0.05, 0.1) is 12.2 Å². The van der Waals surface area contributed by atoms with Crippen LogP contribution in [0.15, 0.2) is 35.4 Å². The zero-order valence-corrected chi connectivity index (χ0v) is 26.7. The van der Waals surface area contributed by atoms with E-state index in [1.165, 1.54) is 19.9 Å². The van der Waals surface area contributed by atoms with Crippen LogP contribution in [0.5, 0.6) is 11.5 Å². The van der Waals surface area contributed by atoms with E-state index >= 15 is 0 Å². The summed E-state index contributed by atoms with van der Waals surface area (Å²) in [5.41, 5.74) is 1.78. The maximum absolute atomic E-state index is 12.8. The number of allylic oxidation sites excluding steroid dienone is 2. The zero-order chi connectivity index (χ0) is 33.0. The summed E-state index contributed by atoms with van der Waals surface area (Å²) in [5, 5.41) is 44.3. The first-order valence-corrected chi connectivity index (χ1v) is 14.8. The van der Waals surface area contributed by atoms with Gasteiger partial charge in [-0.3, -0.25) is 0 Å². The number of carbonyl (C=O) groups is 2. The van der Waals surface area contributed by atoms with Gasteiger partial charge in [-0.15, -0.1) is 0 Å². The fourth-order valence-electron chi connectivity index (χ4n) is 4.86. The lowest BCUT2D eigenvalue weighted by Gasteiger charge is -2.46. The number of carbonyl (C=O) groups excluding carboxylic acids is 2. The molecule has 2 heterocycles. The molecule has 0 bridgehead atoms. The Balaban J connectivity index is 1.98. The molecule has 0 amide bonds. The van der Waals surface area contributed by atoms with Crippen LogP contribution in [0.4, 0.5) is 0 Å². The molecule has 4 N–H and O–H groups in total. The minimum absolute atomic E-state index is 0.0521. The van der Waals surface area contributed by atoms with Crippen molar-refractivity contribution < 1.29 is 58.4 Å². The van der Waals surface area contributed by atoms with Crippen LogP contribution < -0.4 is 4.74 Å². The third-order valence-electron chi connectivity index (χ3n) is 8.04. The molecule has 0 radical (unpaired) electrons. The van der Waals surface area contributed by atoms with Crippen LogP contribution in [0.3, 0.4) is 0 Å². The molecule has 2 fully saturated rings. The van der Waals surface area contributed by atoms with Gasteiger partial charge in [0.15, 0.2) is 30.0 Å². The maximum atomic E-state index is 12.8. The van der Waals surface area contributed by atoms with Crippen molar-refractivity contribution in [2.75, 3.05) is 0 Å². The van der Waals surface area contributed by atoms with Crippen LogP contribution in [-0.4, -0.2) is 93.8 Å². The molecule has 2 aliphatic rings. The first-order chi connectivity index (χ1) is 20.6. The second kappa shape index (κ2) is 14.9. The third-order valence-corrected chi connectivity index (χ3v) is 8.04. The van der Waals surface area contributed by atoms with Gasteiger partial charge in [0.2, 0.25) is 6.29 Å². The fraction of sp³-hybridized carbons (Fsp3) is 0.625. The van der Waals surface area contributed by atoms with Gasteiger partial charge >= 0.3 is 11.9 Å². The number of hydrogen-bond donors (Lipinski definition) is 4. The van der Waals surface area contributed by atoms with Crippen molar-refractivity contribution in [2.24, 2.45) is 0 Å². The van der Waals surface area contributed by atoms with Gasteiger partial charge in [-0.1, -0.05) is 38.1 Å². The number of phenols is 1. The summed E-state index contributed by atoms with van der Waals surface area (Å²) in [4.78, 5) is 25.3. The van der Waals surface area contributed by atoms with Gasteiger partial charge in [0.1, 0.15) is 24.4 Å². The van der Waals surface area contributed by atoms with E-state index in [2.05, 4.69) is 0 Å². The highest BCUT2D eigenvalue weighted by Crippen LogP contribution is 2.40. The topological polar surface area (TPSA) is 170 Å². The fourth-order valence-corrected chi connectivity index (χ4v) is 4.86. The van der Waals surface area contributed by atoms with Crippen molar-refractivity contribution >= 4 is 11.9 Å². The lowest BCUT2D eigenvalue weighted by Crippen LogP contribution is -2.65. The van der Waals surface area contributed by atoms with Crippen LogP contribution in [0, 0.1) is 6.92 Å². The van der Waals surface area contributed by atoms with Crippen molar-refractivity contribution in [1.82, 2.24) is 0 Å². The van der Waals surface area contributed by atoms with Crippen LogP contribution in [-0.2, 0) is 33.3 Å². The van der Waals surface area contributed by atoms with E-state index in [4.69, 9.17) is 28.4 Å². The largest absolute Gasteiger partial charge is 0.504 e. The lowest BCUT2D eigenvalue weighted by atomic mass is 9.96. The molecule has 0 aliphatic carbocycles. The summed E-state index contributed by atoms with van der Waals surface area (Å²) in [7, 11) is 0. The second-order valence-electron chi connectivity index (χ2n) is 11.6. The highest BCUT2D eigenvalue weighted by Gasteiger charge is 2.53. The van der Waals surface area contributed by atoms with E-state index in [9.17, 15) is 30.0 Å². The Kier molecular flexibility index (Phi) is 12.0. The highest BCUT2D eigenvalue weighted by atomic mass is 16.7. The summed E-state index contributed by atoms with van der Waals surface area (Å²) in [5.74, 6) is -1.49. The number of ether oxygens (including phenoxy) is 6. The maximum Gasteiger partial charge on any atom is 0.333 e. The van der Waals surface area contributed by atoms with Gasteiger partial charge in [0.25, 0.3) is 0 Å². The zero-order valence-electron chi connectivity index (χ0n) is 26.7. The van der Waals surface area contributed by atoms with Crippen LogP contribution in [0.25, 0.3) is 0 Å². The van der Waals surface area contributed by atoms with E-state index < -0.39 is 73.4 Å². The van der Waals surface area contributed by atoms with E-state index in [1.807, 2.05) is 19.9 Å². The number of aryl methyl sites for hydroxylation is 1. The molecule has 12 heteroatoms. The van der Waals surface area contributed by atoms with Crippen molar-refractivity contribution in [1.29, 1.82) is 0 Å². The number of rotatable bonds is 9. The molecule has 10 unspecified atom stereocenters. The van der Waals surface area contributed by atoms with Crippen LogP contribution in [0.2, 0.25) is 0 Å². The predicted molar refractivity (Wildman–Crippen MR) is 158 cm³/mol. The molecule has 0 aromatic heterocycles. The molecule has 12 nitrogen and oxygen atoms in total. The molecule has 3 rings (SSSR count). The van der Waals surface area contributed by atoms with Gasteiger partial charge in [0, 0.05) is 16.7 Å². The molecule has 10 atom stereocenters. The van der Waals surface area contributed by atoms with Crippen molar-refractivity contribution in [2.45, 2.75) is 130 Å². The van der Waals surface area contributed by atoms with Crippen molar-refractivity contribution in [3.05, 3.63) is 46.6 Å². The molecule has 2 saturated heterocycles. The Bertz CT molecular complexity index is 1240. The monoisotopic (exact) mass is 622 g/mol. The second-order valence-corrected chi connectivity index (χ2v) is 11.6. The minimum atomic E-state index is -1.69. The molecule has 0 spiro atoms. The normalized spacial score (nSPS) is 33.2. The Morgan fingerprint density at radius 3 is 1.89 bits per heavy atom. The Morgan fingerprint density at radius 1 is 0.818 bits per heavy atom. The van der Waals surface area contributed by atoms with Gasteiger partial charge in [-0.2, -0.15) is 0 Å². The van der Waals surface area contributed by atoms with Crippen LogP contribution in [0.1, 0.15) is 72.4 Å². The Hall–Kier alpha value is -3.00. The van der Waals surface area contributed by atoms with E-state index in [-0.39, 0.29) is 23.0 Å². The third kappa shape index (κ3) is 7.61. The summed E-state index contributed by atoms with van der Waals surface area (Å²) in [6.45, 7) is 15.0. The SMILES string of the molecule is CC=C(C)C(=O)OC1C(O)C(C)OC(OC2C(O)C(Oc3c(C(C)C)ccc(C)c3O)OC(C)C2OC(=O)C(C)=CC)C1O. The van der Waals surface area contributed by atoms with Crippen molar-refractivity contribution in [3.8, 4) is 11.5 Å². The lowest BCUT2D eigenvalue weighted by molar-refractivity contribution is -0.347. The highest BCUT2D eigenvalue weighted by molar-refractivity contribution is 5.88. The number of phenolic OH excluding ortho intramolecular Hbond substituents is 1. The van der Waals surface area contributed by atoms with E-state index in [0.717, 1.165) is 0 Å². The molecule has 0 saturated carbocycles. The first-order valence-electron chi connectivity index (χ1n) is 14.8. The first kappa shape index (κ1) is 35.5. The average Bonchev–Trinajstić information content (AvgIpc) is 2.98.